The van der Waals surface area contributed by atoms with Crippen molar-refractivity contribution in [1.29, 1.82) is 0 Å². The average Bonchev–Trinajstić information content (AvgIpc) is 2.92. The highest BCUT2D eigenvalue weighted by Gasteiger charge is 2.22. The Balaban J connectivity index is 1.62. The number of nitrogens with one attached hydrogen (secondary N) is 1. The largest absolute Gasteiger partial charge is 0.298 e. The summed E-state index contributed by atoms with van der Waals surface area (Å²) < 4.78 is 0. The Hall–Kier alpha value is -1.72. The second-order valence-corrected chi connectivity index (χ2v) is 8.47. The molecule has 0 bridgehead atoms. The maximum Gasteiger partial charge on any atom is 0.257 e. The summed E-state index contributed by atoms with van der Waals surface area (Å²) in [6.07, 6.45) is 1.31. The highest BCUT2D eigenvalue weighted by atomic mass is 32.1. The molecule has 1 aliphatic heterocycles. The molecule has 2 atom stereocenters. The van der Waals surface area contributed by atoms with Crippen LogP contribution >= 0.6 is 11.3 Å². The molecule has 4 nitrogen and oxygen atoms in total. The number of rotatable bonds is 4. The minimum atomic E-state index is -0.0899. The van der Waals surface area contributed by atoms with E-state index < -0.39 is 0 Å². The predicted octanol–water partition coefficient (Wildman–Crippen LogP) is 4.49. The Labute approximate surface area is 154 Å². The van der Waals surface area contributed by atoms with Gasteiger partial charge in [0.1, 0.15) is 0 Å². The summed E-state index contributed by atoms with van der Waals surface area (Å²) in [5.74, 6) is 1.39. The quantitative estimate of drug-likeness (QED) is 0.877. The number of hydrogen-bond donors (Lipinski definition) is 1. The van der Waals surface area contributed by atoms with Gasteiger partial charge in [0, 0.05) is 30.6 Å². The van der Waals surface area contributed by atoms with Gasteiger partial charge in [0.15, 0.2) is 5.13 Å². The minimum absolute atomic E-state index is 0.0899. The third kappa shape index (κ3) is 4.89. The molecular formula is C20H27N3OS. The smallest absolute Gasteiger partial charge is 0.257 e. The number of aromatic nitrogens is 1. The number of thiazole rings is 1. The zero-order valence-electron chi connectivity index (χ0n) is 15.5. The Bertz CT molecular complexity index is 725. The summed E-state index contributed by atoms with van der Waals surface area (Å²) >= 11 is 1.50. The summed E-state index contributed by atoms with van der Waals surface area (Å²) in [4.78, 5) is 19.5. The van der Waals surface area contributed by atoms with E-state index in [1.165, 1.54) is 17.8 Å². The van der Waals surface area contributed by atoms with Gasteiger partial charge in [-0.3, -0.25) is 15.0 Å². The van der Waals surface area contributed by atoms with Crippen LogP contribution in [0.1, 0.15) is 47.4 Å². The van der Waals surface area contributed by atoms with Crippen molar-refractivity contribution in [3.63, 3.8) is 0 Å². The van der Waals surface area contributed by atoms with Gasteiger partial charge in [0.05, 0.1) is 5.69 Å². The fourth-order valence-corrected chi connectivity index (χ4v) is 4.56. The molecule has 0 saturated carbocycles. The number of carbonyl (C=O) groups excluding carboxylic acids is 1. The summed E-state index contributed by atoms with van der Waals surface area (Å²) in [7, 11) is 0. The van der Waals surface area contributed by atoms with E-state index in [9.17, 15) is 4.79 Å². The predicted molar refractivity (Wildman–Crippen MR) is 104 cm³/mol. The van der Waals surface area contributed by atoms with E-state index in [1.807, 2.05) is 26.0 Å². The summed E-state index contributed by atoms with van der Waals surface area (Å²) in [6.45, 7) is 11.8. The van der Waals surface area contributed by atoms with Crippen LogP contribution in [-0.4, -0.2) is 28.9 Å². The van der Waals surface area contributed by atoms with Crippen molar-refractivity contribution in [3.05, 3.63) is 46.0 Å². The van der Waals surface area contributed by atoms with Crippen LogP contribution in [0.15, 0.2) is 23.6 Å². The molecule has 1 N–H and O–H groups in total. The van der Waals surface area contributed by atoms with Crippen molar-refractivity contribution < 1.29 is 4.79 Å². The van der Waals surface area contributed by atoms with Crippen LogP contribution < -0.4 is 5.32 Å². The first-order chi connectivity index (χ1) is 11.9. The lowest BCUT2D eigenvalue weighted by Crippen LogP contribution is -2.38. The highest BCUT2D eigenvalue weighted by Crippen LogP contribution is 2.24. The maximum absolute atomic E-state index is 12.4. The van der Waals surface area contributed by atoms with E-state index >= 15 is 0 Å². The number of aryl methyl sites for hydroxylation is 2. The first kappa shape index (κ1) is 18.1. The second-order valence-electron chi connectivity index (χ2n) is 7.61. The lowest BCUT2D eigenvalue weighted by Gasteiger charge is -2.34. The molecule has 2 aromatic rings. The summed E-state index contributed by atoms with van der Waals surface area (Å²) in [6, 6.07) is 5.89. The van der Waals surface area contributed by atoms with Crippen molar-refractivity contribution >= 4 is 22.4 Å². The maximum atomic E-state index is 12.4. The number of amides is 1. The molecule has 1 fully saturated rings. The van der Waals surface area contributed by atoms with E-state index in [-0.39, 0.29) is 5.91 Å². The van der Waals surface area contributed by atoms with Gasteiger partial charge in [-0.15, -0.1) is 11.3 Å². The zero-order valence-corrected chi connectivity index (χ0v) is 16.3. The van der Waals surface area contributed by atoms with Crippen LogP contribution in [0, 0.1) is 25.7 Å². The van der Waals surface area contributed by atoms with E-state index in [4.69, 9.17) is 0 Å². The number of nitrogens with zero attached hydrogens (tertiary/aromatic N) is 2. The number of likely N-dealkylation sites (tertiary alicyclic amines) is 1. The average molecular weight is 358 g/mol. The molecule has 1 aromatic carbocycles. The molecular weight excluding hydrogens is 330 g/mol. The molecule has 0 radical (unpaired) electrons. The first-order valence-corrected chi connectivity index (χ1v) is 9.83. The van der Waals surface area contributed by atoms with Gasteiger partial charge >= 0.3 is 0 Å². The molecule has 1 saturated heterocycles. The van der Waals surface area contributed by atoms with Crippen LogP contribution in [-0.2, 0) is 6.54 Å². The van der Waals surface area contributed by atoms with E-state index in [2.05, 4.69) is 40.5 Å². The normalized spacial score (nSPS) is 21.3. The molecule has 2 heterocycles. The van der Waals surface area contributed by atoms with Crippen molar-refractivity contribution in [2.45, 2.75) is 40.7 Å². The number of hydrogen-bond acceptors (Lipinski definition) is 4. The van der Waals surface area contributed by atoms with E-state index in [1.54, 1.807) is 0 Å². The molecule has 0 aliphatic carbocycles. The lowest BCUT2D eigenvalue weighted by atomic mass is 9.92. The van der Waals surface area contributed by atoms with Crippen LogP contribution in [0.3, 0.4) is 0 Å². The molecule has 134 valence electrons. The van der Waals surface area contributed by atoms with Crippen molar-refractivity contribution in [1.82, 2.24) is 9.88 Å². The molecule has 1 aromatic heterocycles. The first-order valence-electron chi connectivity index (χ1n) is 8.95. The van der Waals surface area contributed by atoms with Gasteiger partial charge in [0.25, 0.3) is 5.91 Å². The van der Waals surface area contributed by atoms with Gasteiger partial charge in [-0.2, -0.15) is 0 Å². The van der Waals surface area contributed by atoms with Crippen LogP contribution in [0.5, 0.6) is 0 Å². The topological polar surface area (TPSA) is 45.2 Å². The lowest BCUT2D eigenvalue weighted by molar-refractivity contribution is 0.102. The van der Waals surface area contributed by atoms with Crippen molar-refractivity contribution in [3.8, 4) is 0 Å². The van der Waals surface area contributed by atoms with Crippen LogP contribution in [0.2, 0.25) is 0 Å². The third-order valence-electron chi connectivity index (χ3n) is 4.59. The van der Waals surface area contributed by atoms with Gasteiger partial charge in [-0.25, -0.2) is 4.98 Å². The monoisotopic (exact) mass is 357 g/mol. The van der Waals surface area contributed by atoms with Gasteiger partial charge in [-0.05, 0) is 44.2 Å². The van der Waals surface area contributed by atoms with Crippen molar-refractivity contribution in [2.75, 3.05) is 18.4 Å². The van der Waals surface area contributed by atoms with E-state index in [0.29, 0.717) is 10.7 Å². The summed E-state index contributed by atoms with van der Waals surface area (Å²) in [5.41, 5.74) is 3.92. The molecule has 3 rings (SSSR count). The Morgan fingerprint density at radius 1 is 1.20 bits per heavy atom. The molecule has 25 heavy (non-hydrogen) atoms. The fraction of sp³-hybridized carbons (Fsp3) is 0.500. The van der Waals surface area contributed by atoms with Gasteiger partial charge in [0.2, 0.25) is 0 Å². The van der Waals surface area contributed by atoms with Crippen LogP contribution in [0.25, 0.3) is 0 Å². The van der Waals surface area contributed by atoms with Gasteiger partial charge in [-0.1, -0.05) is 31.0 Å². The van der Waals surface area contributed by atoms with Gasteiger partial charge < -0.3 is 0 Å². The second kappa shape index (κ2) is 7.67. The number of anilines is 1. The highest BCUT2D eigenvalue weighted by molar-refractivity contribution is 7.13. The molecule has 0 spiro atoms. The Morgan fingerprint density at radius 3 is 2.48 bits per heavy atom. The molecule has 5 heteroatoms. The Kier molecular flexibility index (Phi) is 5.54. The fourth-order valence-electron chi connectivity index (χ4n) is 3.86. The van der Waals surface area contributed by atoms with Crippen LogP contribution in [0.4, 0.5) is 5.13 Å². The molecule has 0 unspecified atom stereocenters. The Morgan fingerprint density at radius 2 is 1.84 bits per heavy atom. The standard InChI is InChI=1S/C20H27N3OS/c1-13-5-14(2)8-17(7-13)19(24)22-20-21-18(12-25-20)11-23-9-15(3)6-16(4)10-23/h5,7-8,12,15-16H,6,9-11H2,1-4H3,(H,21,22,24)/t15-,16-/m1/s1. The number of piperidine rings is 1. The third-order valence-corrected chi connectivity index (χ3v) is 5.39. The number of benzene rings is 1. The van der Waals surface area contributed by atoms with Crippen molar-refractivity contribution in [2.24, 2.45) is 11.8 Å². The number of carbonyl (C=O) groups is 1. The zero-order chi connectivity index (χ0) is 18.0. The minimum Gasteiger partial charge on any atom is -0.298 e. The van der Waals surface area contributed by atoms with E-state index in [0.717, 1.165) is 48.3 Å². The summed E-state index contributed by atoms with van der Waals surface area (Å²) in [5, 5.41) is 5.67. The molecule has 1 amide bonds. The SMILES string of the molecule is Cc1cc(C)cc(C(=O)Nc2nc(CN3C[C@H](C)C[C@@H](C)C3)cs2)c1. The molecule has 1 aliphatic rings.